The van der Waals surface area contributed by atoms with Crippen molar-refractivity contribution in [1.82, 2.24) is 4.98 Å². The van der Waals surface area contributed by atoms with Crippen LogP contribution in [0.15, 0.2) is 47.2 Å². The van der Waals surface area contributed by atoms with Crippen LogP contribution >= 0.6 is 15.9 Å². The van der Waals surface area contributed by atoms with E-state index in [1.54, 1.807) is 18.3 Å². The molecule has 6 heteroatoms. The summed E-state index contributed by atoms with van der Waals surface area (Å²) in [6, 6.07) is 6.97. The fourth-order valence-corrected chi connectivity index (χ4v) is 1.84. The molecule has 0 bridgehead atoms. The number of aromatic nitrogens is 1. The standard InChI is InChI=1S/C12H8BrF3N2/c13-8-5-9(7-17-6-8)18-11-4-2-1-3-10(11)12(14,15)16/h1-7,18H. The lowest BCUT2D eigenvalue weighted by molar-refractivity contribution is -0.136. The Morgan fingerprint density at radius 3 is 2.50 bits per heavy atom. The number of benzene rings is 1. The van der Waals surface area contributed by atoms with Crippen molar-refractivity contribution in [2.45, 2.75) is 6.18 Å². The minimum atomic E-state index is -4.39. The first-order valence-corrected chi connectivity index (χ1v) is 5.80. The molecule has 0 unspecified atom stereocenters. The summed E-state index contributed by atoms with van der Waals surface area (Å²) in [4.78, 5) is 3.88. The van der Waals surface area contributed by atoms with E-state index in [0.29, 0.717) is 10.2 Å². The molecule has 0 aliphatic heterocycles. The molecule has 0 spiro atoms. The van der Waals surface area contributed by atoms with E-state index in [0.717, 1.165) is 6.07 Å². The molecule has 1 aromatic carbocycles. The van der Waals surface area contributed by atoms with E-state index >= 15 is 0 Å². The van der Waals surface area contributed by atoms with Gasteiger partial charge in [0.1, 0.15) is 0 Å². The van der Waals surface area contributed by atoms with Crippen LogP contribution in [0.3, 0.4) is 0 Å². The zero-order valence-corrected chi connectivity index (χ0v) is 10.6. The Labute approximate surface area is 110 Å². The number of nitrogens with one attached hydrogen (secondary N) is 1. The lowest BCUT2D eigenvalue weighted by Gasteiger charge is -2.14. The lowest BCUT2D eigenvalue weighted by atomic mass is 10.1. The van der Waals surface area contributed by atoms with Crippen LogP contribution in [0.2, 0.25) is 0 Å². The summed E-state index contributed by atoms with van der Waals surface area (Å²) < 4.78 is 39.0. The van der Waals surface area contributed by atoms with Gasteiger partial charge in [0.2, 0.25) is 0 Å². The maximum Gasteiger partial charge on any atom is 0.418 e. The van der Waals surface area contributed by atoms with Gasteiger partial charge in [-0.05, 0) is 34.1 Å². The van der Waals surface area contributed by atoms with Crippen molar-refractivity contribution in [3.05, 3.63) is 52.8 Å². The molecule has 2 nitrogen and oxygen atoms in total. The zero-order chi connectivity index (χ0) is 13.2. The van der Waals surface area contributed by atoms with Crippen LogP contribution in [0.25, 0.3) is 0 Å². The third-order valence-electron chi connectivity index (χ3n) is 2.22. The van der Waals surface area contributed by atoms with Crippen LogP contribution in [0, 0.1) is 0 Å². The summed E-state index contributed by atoms with van der Waals surface area (Å²) in [5, 5.41) is 2.71. The fourth-order valence-electron chi connectivity index (χ4n) is 1.48. The molecule has 0 fully saturated rings. The summed E-state index contributed by atoms with van der Waals surface area (Å²) >= 11 is 3.21. The smallest absolute Gasteiger partial charge is 0.354 e. The van der Waals surface area contributed by atoms with Crippen molar-refractivity contribution in [2.75, 3.05) is 5.32 Å². The van der Waals surface area contributed by atoms with E-state index in [-0.39, 0.29) is 5.69 Å². The van der Waals surface area contributed by atoms with Crippen molar-refractivity contribution >= 4 is 27.3 Å². The van der Waals surface area contributed by atoms with Gasteiger partial charge in [-0.15, -0.1) is 0 Å². The van der Waals surface area contributed by atoms with E-state index in [1.807, 2.05) is 0 Å². The minimum Gasteiger partial charge on any atom is -0.354 e. The van der Waals surface area contributed by atoms with E-state index in [2.05, 4.69) is 26.2 Å². The SMILES string of the molecule is FC(F)(F)c1ccccc1Nc1cncc(Br)c1. The maximum absolute atomic E-state index is 12.8. The average molecular weight is 317 g/mol. The molecule has 2 aromatic rings. The van der Waals surface area contributed by atoms with E-state index in [1.165, 1.54) is 18.3 Å². The molecule has 1 aromatic heterocycles. The highest BCUT2D eigenvalue weighted by Crippen LogP contribution is 2.35. The van der Waals surface area contributed by atoms with Crippen LogP contribution in [0.4, 0.5) is 24.5 Å². The summed E-state index contributed by atoms with van der Waals surface area (Å²) in [6.07, 6.45) is -1.37. The molecule has 0 saturated carbocycles. The van der Waals surface area contributed by atoms with E-state index in [4.69, 9.17) is 0 Å². The number of halogens is 4. The van der Waals surface area contributed by atoms with Gasteiger partial charge in [-0.1, -0.05) is 12.1 Å². The van der Waals surface area contributed by atoms with Crippen LogP contribution in [-0.2, 0) is 6.18 Å². The average Bonchev–Trinajstić information content (AvgIpc) is 2.28. The zero-order valence-electron chi connectivity index (χ0n) is 9.00. The third kappa shape index (κ3) is 3.01. The fraction of sp³-hybridized carbons (Fsp3) is 0.0833. The Hall–Kier alpha value is -1.56. The highest BCUT2D eigenvalue weighted by atomic mass is 79.9. The predicted molar refractivity (Wildman–Crippen MR) is 66.7 cm³/mol. The van der Waals surface area contributed by atoms with Crippen molar-refractivity contribution in [1.29, 1.82) is 0 Å². The van der Waals surface area contributed by atoms with Crippen LogP contribution in [0.1, 0.15) is 5.56 Å². The molecule has 0 atom stereocenters. The first-order chi connectivity index (χ1) is 8.47. The first kappa shape index (κ1) is 12.9. The third-order valence-corrected chi connectivity index (χ3v) is 2.65. The van der Waals surface area contributed by atoms with Crippen molar-refractivity contribution < 1.29 is 13.2 Å². The number of rotatable bonds is 2. The highest BCUT2D eigenvalue weighted by Gasteiger charge is 2.33. The van der Waals surface area contributed by atoms with Gasteiger partial charge in [-0.25, -0.2) is 0 Å². The molecule has 2 rings (SSSR count). The highest BCUT2D eigenvalue weighted by molar-refractivity contribution is 9.10. The normalized spacial score (nSPS) is 11.3. The van der Waals surface area contributed by atoms with Crippen molar-refractivity contribution in [2.24, 2.45) is 0 Å². The summed E-state index contributed by atoms with van der Waals surface area (Å²) in [7, 11) is 0. The Balaban J connectivity index is 2.35. The number of hydrogen-bond donors (Lipinski definition) is 1. The number of nitrogens with zero attached hydrogens (tertiary/aromatic N) is 1. The van der Waals surface area contributed by atoms with Crippen molar-refractivity contribution in [3.8, 4) is 0 Å². The van der Waals surface area contributed by atoms with Gasteiger partial charge >= 0.3 is 6.18 Å². The molecule has 0 radical (unpaired) electrons. The molecular formula is C12H8BrF3N2. The van der Waals surface area contributed by atoms with Crippen LogP contribution < -0.4 is 5.32 Å². The number of para-hydroxylation sites is 1. The molecule has 1 N–H and O–H groups in total. The van der Waals surface area contributed by atoms with E-state index < -0.39 is 11.7 Å². The maximum atomic E-state index is 12.8. The Morgan fingerprint density at radius 1 is 1.11 bits per heavy atom. The van der Waals surface area contributed by atoms with Gasteiger partial charge in [0.25, 0.3) is 0 Å². The first-order valence-electron chi connectivity index (χ1n) is 5.00. The Morgan fingerprint density at radius 2 is 1.83 bits per heavy atom. The van der Waals surface area contributed by atoms with Gasteiger partial charge in [0, 0.05) is 10.7 Å². The summed E-state index contributed by atoms with van der Waals surface area (Å²) in [5.41, 5.74) is -0.212. The number of alkyl halides is 3. The topological polar surface area (TPSA) is 24.9 Å². The monoisotopic (exact) mass is 316 g/mol. The molecule has 18 heavy (non-hydrogen) atoms. The number of hydrogen-bond acceptors (Lipinski definition) is 2. The van der Waals surface area contributed by atoms with Gasteiger partial charge < -0.3 is 5.32 Å². The second-order valence-electron chi connectivity index (χ2n) is 3.56. The Bertz CT molecular complexity index is 555. The van der Waals surface area contributed by atoms with Crippen molar-refractivity contribution in [3.63, 3.8) is 0 Å². The largest absolute Gasteiger partial charge is 0.418 e. The molecular weight excluding hydrogens is 309 g/mol. The summed E-state index contributed by atoms with van der Waals surface area (Å²) in [5.74, 6) is 0. The number of anilines is 2. The summed E-state index contributed by atoms with van der Waals surface area (Å²) in [6.45, 7) is 0. The van der Waals surface area contributed by atoms with Gasteiger partial charge in [-0.3, -0.25) is 4.98 Å². The molecule has 0 amide bonds. The van der Waals surface area contributed by atoms with Crippen LogP contribution in [0.5, 0.6) is 0 Å². The Kier molecular flexibility index (Phi) is 3.56. The molecule has 94 valence electrons. The molecule has 0 aliphatic carbocycles. The second kappa shape index (κ2) is 4.97. The lowest BCUT2D eigenvalue weighted by Crippen LogP contribution is -2.08. The number of pyridine rings is 1. The predicted octanol–water partition coefficient (Wildman–Crippen LogP) is 4.61. The second-order valence-corrected chi connectivity index (χ2v) is 4.48. The molecule has 0 saturated heterocycles. The molecule has 0 aliphatic rings. The van der Waals surface area contributed by atoms with Gasteiger partial charge in [-0.2, -0.15) is 13.2 Å². The van der Waals surface area contributed by atoms with Gasteiger partial charge in [0.15, 0.2) is 0 Å². The van der Waals surface area contributed by atoms with E-state index in [9.17, 15) is 13.2 Å². The molecule has 1 heterocycles. The quantitative estimate of drug-likeness (QED) is 0.875. The van der Waals surface area contributed by atoms with Crippen LogP contribution in [-0.4, -0.2) is 4.98 Å². The minimum absolute atomic E-state index is 0.00454. The van der Waals surface area contributed by atoms with Gasteiger partial charge in [0.05, 0.1) is 23.1 Å².